The Balaban J connectivity index is 2.06. The number of aliphatic imine (C=N–C) groups is 1. The summed E-state index contributed by atoms with van der Waals surface area (Å²) in [6.45, 7) is 10.4. The zero-order valence-corrected chi connectivity index (χ0v) is 12.7. The number of rotatable bonds is 3. The van der Waals surface area contributed by atoms with Gasteiger partial charge in [-0.1, -0.05) is 38.1 Å². The summed E-state index contributed by atoms with van der Waals surface area (Å²) in [5.41, 5.74) is 8.72. The highest BCUT2D eigenvalue weighted by atomic mass is 16.5. The van der Waals surface area contributed by atoms with Crippen LogP contribution in [0, 0.1) is 6.92 Å². The Hall–Kier alpha value is -1.55. The van der Waals surface area contributed by atoms with Gasteiger partial charge in [-0.25, -0.2) is 0 Å². The number of hydrogen-bond donors (Lipinski definition) is 1. The average molecular weight is 275 g/mol. The summed E-state index contributed by atoms with van der Waals surface area (Å²) in [5.74, 6) is 0.634. The van der Waals surface area contributed by atoms with E-state index in [1.54, 1.807) is 0 Å². The maximum absolute atomic E-state index is 6.09. The van der Waals surface area contributed by atoms with Crippen molar-refractivity contribution in [2.45, 2.75) is 26.2 Å². The molecule has 4 heteroatoms. The quantitative estimate of drug-likeness (QED) is 0.677. The lowest BCUT2D eigenvalue weighted by Gasteiger charge is -2.29. The Morgan fingerprint density at radius 1 is 1.30 bits per heavy atom. The zero-order chi connectivity index (χ0) is 14.6. The van der Waals surface area contributed by atoms with Gasteiger partial charge in [-0.3, -0.25) is 4.99 Å². The zero-order valence-electron chi connectivity index (χ0n) is 12.7. The van der Waals surface area contributed by atoms with E-state index in [4.69, 9.17) is 10.5 Å². The van der Waals surface area contributed by atoms with Gasteiger partial charge in [-0.15, -0.1) is 0 Å². The van der Waals surface area contributed by atoms with E-state index in [2.05, 4.69) is 54.9 Å². The van der Waals surface area contributed by atoms with E-state index in [1.165, 1.54) is 11.1 Å². The molecule has 1 fully saturated rings. The smallest absolute Gasteiger partial charge is 0.191 e. The van der Waals surface area contributed by atoms with Gasteiger partial charge in [0.05, 0.1) is 19.8 Å². The second-order valence-electron chi connectivity index (χ2n) is 5.97. The number of aryl methyl sites for hydroxylation is 1. The second-order valence-corrected chi connectivity index (χ2v) is 5.97. The van der Waals surface area contributed by atoms with Crippen molar-refractivity contribution in [2.24, 2.45) is 10.7 Å². The van der Waals surface area contributed by atoms with Crippen LogP contribution < -0.4 is 5.73 Å². The molecule has 0 amide bonds. The monoisotopic (exact) mass is 275 g/mol. The van der Waals surface area contributed by atoms with Crippen LogP contribution in [-0.2, 0) is 10.2 Å². The Bertz CT molecular complexity index is 476. The summed E-state index contributed by atoms with van der Waals surface area (Å²) in [7, 11) is 0. The molecule has 0 unspecified atom stereocenters. The van der Waals surface area contributed by atoms with Crippen LogP contribution in [0.15, 0.2) is 29.3 Å². The summed E-state index contributed by atoms with van der Waals surface area (Å²) < 4.78 is 5.33. The lowest BCUT2D eigenvalue weighted by molar-refractivity contribution is 0.0674. The maximum Gasteiger partial charge on any atom is 0.191 e. The molecule has 0 aliphatic carbocycles. The van der Waals surface area contributed by atoms with Crippen molar-refractivity contribution in [2.75, 3.05) is 32.8 Å². The van der Waals surface area contributed by atoms with Gasteiger partial charge in [-0.2, -0.15) is 0 Å². The first-order chi connectivity index (χ1) is 9.50. The molecular formula is C16H25N3O. The van der Waals surface area contributed by atoms with Crippen LogP contribution in [0.3, 0.4) is 0 Å². The van der Waals surface area contributed by atoms with Gasteiger partial charge in [0.25, 0.3) is 0 Å². The molecule has 0 saturated carbocycles. The SMILES string of the molecule is Cc1ccccc1C(C)(C)CN=C(N)N1CCOCC1. The first-order valence-electron chi connectivity index (χ1n) is 7.19. The molecule has 2 rings (SSSR count). The molecule has 1 aliphatic rings. The van der Waals surface area contributed by atoms with Gasteiger partial charge >= 0.3 is 0 Å². The topological polar surface area (TPSA) is 50.8 Å². The first-order valence-corrected chi connectivity index (χ1v) is 7.19. The van der Waals surface area contributed by atoms with E-state index in [9.17, 15) is 0 Å². The summed E-state index contributed by atoms with van der Waals surface area (Å²) >= 11 is 0. The molecule has 1 aromatic rings. The summed E-state index contributed by atoms with van der Waals surface area (Å²) in [5, 5.41) is 0. The molecule has 0 bridgehead atoms. The standard InChI is InChI=1S/C16H25N3O/c1-13-6-4-5-7-14(13)16(2,3)12-18-15(17)19-8-10-20-11-9-19/h4-7H,8-12H2,1-3H3,(H2,17,18). The number of benzene rings is 1. The van der Waals surface area contributed by atoms with Crippen molar-refractivity contribution in [3.05, 3.63) is 35.4 Å². The van der Waals surface area contributed by atoms with Crippen LogP contribution in [0.1, 0.15) is 25.0 Å². The van der Waals surface area contributed by atoms with Gasteiger partial charge in [-0.05, 0) is 18.1 Å². The van der Waals surface area contributed by atoms with E-state index in [-0.39, 0.29) is 5.41 Å². The van der Waals surface area contributed by atoms with Crippen LogP contribution in [0.25, 0.3) is 0 Å². The third kappa shape index (κ3) is 3.51. The van der Waals surface area contributed by atoms with Crippen LogP contribution in [0.5, 0.6) is 0 Å². The third-order valence-electron chi connectivity index (χ3n) is 3.85. The van der Waals surface area contributed by atoms with E-state index < -0.39 is 0 Å². The molecule has 1 saturated heterocycles. The molecular weight excluding hydrogens is 250 g/mol. The molecule has 0 spiro atoms. The molecule has 4 nitrogen and oxygen atoms in total. The van der Waals surface area contributed by atoms with Gasteiger partial charge in [0.1, 0.15) is 0 Å². The number of nitrogens with zero attached hydrogens (tertiary/aromatic N) is 2. The number of ether oxygens (including phenoxy) is 1. The average Bonchev–Trinajstić information content (AvgIpc) is 2.46. The molecule has 1 aliphatic heterocycles. The molecule has 1 heterocycles. The fourth-order valence-corrected chi connectivity index (χ4v) is 2.59. The molecule has 110 valence electrons. The Kier molecular flexibility index (Phi) is 4.65. The first kappa shape index (κ1) is 14.9. The van der Waals surface area contributed by atoms with Crippen LogP contribution in [-0.4, -0.2) is 43.7 Å². The largest absolute Gasteiger partial charge is 0.378 e. The van der Waals surface area contributed by atoms with E-state index in [0.29, 0.717) is 12.5 Å². The minimum absolute atomic E-state index is 0.0117. The molecule has 1 aromatic carbocycles. The summed E-state index contributed by atoms with van der Waals surface area (Å²) in [4.78, 5) is 6.70. The normalized spacial score (nSPS) is 17.4. The highest BCUT2D eigenvalue weighted by molar-refractivity contribution is 5.78. The Labute approximate surface area is 121 Å². The van der Waals surface area contributed by atoms with Crippen molar-refractivity contribution in [1.82, 2.24) is 4.90 Å². The molecule has 0 aromatic heterocycles. The van der Waals surface area contributed by atoms with E-state index in [0.717, 1.165) is 26.3 Å². The third-order valence-corrected chi connectivity index (χ3v) is 3.85. The van der Waals surface area contributed by atoms with Gasteiger partial charge in [0.15, 0.2) is 5.96 Å². The second kappa shape index (κ2) is 6.27. The van der Waals surface area contributed by atoms with Gasteiger partial charge < -0.3 is 15.4 Å². The van der Waals surface area contributed by atoms with E-state index in [1.807, 2.05) is 0 Å². The fourth-order valence-electron chi connectivity index (χ4n) is 2.59. The highest BCUT2D eigenvalue weighted by Crippen LogP contribution is 2.26. The molecule has 0 radical (unpaired) electrons. The lowest BCUT2D eigenvalue weighted by atomic mass is 9.82. The van der Waals surface area contributed by atoms with Crippen molar-refractivity contribution >= 4 is 5.96 Å². The summed E-state index contributed by atoms with van der Waals surface area (Å²) in [6, 6.07) is 8.47. The predicted molar refractivity (Wildman–Crippen MR) is 83.1 cm³/mol. The van der Waals surface area contributed by atoms with Crippen molar-refractivity contribution in [3.8, 4) is 0 Å². The number of guanidine groups is 1. The summed E-state index contributed by atoms with van der Waals surface area (Å²) in [6.07, 6.45) is 0. The van der Waals surface area contributed by atoms with Crippen LogP contribution in [0.4, 0.5) is 0 Å². The Morgan fingerprint density at radius 3 is 2.60 bits per heavy atom. The molecule has 2 N–H and O–H groups in total. The predicted octanol–water partition coefficient (Wildman–Crippen LogP) is 1.92. The minimum atomic E-state index is -0.0117. The number of hydrogen-bond acceptors (Lipinski definition) is 2. The van der Waals surface area contributed by atoms with Gasteiger partial charge in [0.2, 0.25) is 0 Å². The van der Waals surface area contributed by atoms with Crippen LogP contribution >= 0.6 is 0 Å². The van der Waals surface area contributed by atoms with Crippen LogP contribution in [0.2, 0.25) is 0 Å². The van der Waals surface area contributed by atoms with Crippen molar-refractivity contribution < 1.29 is 4.74 Å². The van der Waals surface area contributed by atoms with E-state index >= 15 is 0 Å². The van der Waals surface area contributed by atoms with Crippen molar-refractivity contribution in [3.63, 3.8) is 0 Å². The number of nitrogens with two attached hydrogens (primary N) is 1. The number of morpholine rings is 1. The lowest BCUT2D eigenvalue weighted by Crippen LogP contribution is -2.45. The molecule has 20 heavy (non-hydrogen) atoms. The Morgan fingerprint density at radius 2 is 1.95 bits per heavy atom. The highest BCUT2D eigenvalue weighted by Gasteiger charge is 2.22. The minimum Gasteiger partial charge on any atom is -0.378 e. The fraction of sp³-hybridized carbons (Fsp3) is 0.562. The van der Waals surface area contributed by atoms with Gasteiger partial charge in [0, 0.05) is 18.5 Å². The molecule has 0 atom stereocenters. The maximum atomic E-state index is 6.09. The van der Waals surface area contributed by atoms with Crippen molar-refractivity contribution in [1.29, 1.82) is 0 Å².